The summed E-state index contributed by atoms with van der Waals surface area (Å²) in [6.07, 6.45) is 3.27. The van der Waals surface area contributed by atoms with Crippen molar-refractivity contribution >= 4 is 11.6 Å². The first-order valence-corrected chi connectivity index (χ1v) is 6.24. The highest BCUT2D eigenvalue weighted by molar-refractivity contribution is 5.88. The number of phenols is 1. The molecule has 0 aliphatic carbocycles. The first-order chi connectivity index (χ1) is 10.1. The molecule has 2 heterocycles. The monoisotopic (exact) mass is 284 g/mol. The van der Waals surface area contributed by atoms with Crippen molar-refractivity contribution in [2.24, 2.45) is 0 Å². The molecular weight excluding hydrogens is 272 g/mol. The number of ether oxygens (including phenoxy) is 1. The SMILES string of the molecule is O=C(O)c1ccn2c(COc3cccc(O)c3)cnc2c1. The second-order valence-electron chi connectivity index (χ2n) is 4.48. The lowest BCUT2D eigenvalue weighted by Gasteiger charge is -2.06. The number of aromatic hydroxyl groups is 1. The van der Waals surface area contributed by atoms with E-state index in [0.29, 0.717) is 11.4 Å². The molecule has 0 saturated heterocycles. The number of nitrogens with zero attached hydrogens (tertiary/aromatic N) is 2. The van der Waals surface area contributed by atoms with Crippen molar-refractivity contribution in [2.45, 2.75) is 6.61 Å². The second kappa shape index (κ2) is 5.16. The number of hydrogen-bond donors (Lipinski definition) is 2. The van der Waals surface area contributed by atoms with Crippen LogP contribution in [0.15, 0.2) is 48.8 Å². The smallest absolute Gasteiger partial charge is 0.335 e. The summed E-state index contributed by atoms with van der Waals surface area (Å²) in [7, 11) is 0. The Morgan fingerprint density at radius 1 is 1.29 bits per heavy atom. The standard InChI is InChI=1S/C15H12N2O4/c18-12-2-1-3-13(7-12)21-9-11-8-16-14-6-10(15(19)20)4-5-17(11)14/h1-8,18H,9H2,(H,19,20). The number of phenolic OH excluding ortho intramolecular Hbond substituents is 1. The molecule has 3 aromatic rings. The third-order valence-electron chi connectivity index (χ3n) is 3.04. The van der Waals surface area contributed by atoms with Crippen LogP contribution in [0.1, 0.15) is 16.1 Å². The Morgan fingerprint density at radius 2 is 2.14 bits per heavy atom. The average molecular weight is 284 g/mol. The second-order valence-corrected chi connectivity index (χ2v) is 4.48. The van der Waals surface area contributed by atoms with Crippen LogP contribution in [0, 0.1) is 0 Å². The maximum atomic E-state index is 10.9. The van der Waals surface area contributed by atoms with E-state index in [1.54, 1.807) is 35.0 Å². The van der Waals surface area contributed by atoms with E-state index >= 15 is 0 Å². The number of carbonyl (C=O) groups is 1. The van der Waals surface area contributed by atoms with Gasteiger partial charge in [-0.25, -0.2) is 9.78 Å². The topological polar surface area (TPSA) is 84.1 Å². The van der Waals surface area contributed by atoms with Crippen LogP contribution in [0.3, 0.4) is 0 Å². The van der Waals surface area contributed by atoms with Gasteiger partial charge in [0, 0.05) is 12.3 Å². The lowest BCUT2D eigenvalue weighted by atomic mass is 10.3. The van der Waals surface area contributed by atoms with Gasteiger partial charge in [0.15, 0.2) is 0 Å². The number of fused-ring (bicyclic) bond motifs is 1. The van der Waals surface area contributed by atoms with E-state index in [4.69, 9.17) is 9.84 Å². The van der Waals surface area contributed by atoms with Crippen molar-refractivity contribution in [3.63, 3.8) is 0 Å². The molecule has 6 nitrogen and oxygen atoms in total. The number of imidazole rings is 1. The normalized spacial score (nSPS) is 10.7. The van der Waals surface area contributed by atoms with Crippen LogP contribution < -0.4 is 4.74 Å². The van der Waals surface area contributed by atoms with E-state index in [1.165, 1.54) is 18.2 Å². The Labute approximate surface area is 119 Å². The summed E-state index contributed by atoms with van der Waals surface area (Å²) in [5.74, 6) is -0.304. The van der Waals surface area contributed by atoms with Crippen LogP contribution >= 0.6 is 0 Å². The zero-order chi connectivity index (χ0) is 14.8. The Balaban J connectivity index is 1.83. The van der Waals surface area contributed by atoms with Crippen LogP contribution in [-0.4, -0.2) is 25.6 Å². The van der Waals surface area contributed by atoms with Crippen LogP contribution in [0.25, 0.3) is 5.65 Å². The minimum absolute atomic E-state index is 0.136. The summed E-state index contributed by atoms with van der Waals surface area (Å²) in [5, 5.41) is 18.3. The maximum absolute atomic E-state index is 10.9. The molecule has 0 radical (unpaired) electrons. The fraction of sp³-hybridized carbons (Fsp3) is 0.0667. The van der Waals surface area contributed by atoms with Crippen molar-refractivity contribution in [1.29, 1.82) is 0 Å². The number of rotatable bonds is 4. The van der Waals surface area contributed by atoms with Gasteiger partial charge in [0.25, 0.3) is 0 Å². The van der Waals surface area contributed by atoms with Crippen LogP contribution in [0.4, 0.5) is 0 Å². The van der Waals surface area contributed by atoms with E-state index in [1.807, 2.05) is 0 Å². The number of carboxylic acids is 1. The van der Waals surface area contributed by atoms with Gasteiger partial charge in [-0.1, -0.05) is 6.07 Å². The Morgan fingerprint density at radius 3 is 2.90 bits per heavy atom. The van der Waals surface area contributed by atoms with Gasteiger partial charge in [0.05, 0.1) is 17.5 Å². The summed E-state index contributed by atoms with van der Waals surface area (Å²) in [4.78, 5) is 15.1. The first-order valence-electron chi connectivity index (χ1n) is 6.24. The molecular formula is C15H12N2O4. The summed E-state index contributed by atoms with van der Waals surface area (Å²) in [6, 6.07) is 9.53. The number of hydrogen-bond acceptors (Lipinski definition) is 4. The third kappa shape index (κ3) is 2.64. The number of benzene rings is 1. The lowest BCUT2D eigenvalue weighted by Crippen LogP contribution is -2.01. The Hall–Kier alpha value is -3.02. The molecule has 1 aromatic carbocycles. The molecule has 0 unspecified atom stereocenters. The minimum Gasteiger partial charge on any atom is -0.508 e. The summed E-state index contributed by atoms with van der Waals surface area (Å²) >= 11 is 0. The summed E-state index contributed by atoms with van der Waals surface area (Å²) < 4.78 is 7.34. The van der Waals surface area contributed by atoms with Crippen molar-refractivity contribution in [1.82, 2.24) is 9.38 Å². The van der Waals surface area contributed by atoms with Crippen LogP contribution in [0.5, 0.6) is 11.5 Å². The fourth-order valence-corrected chi connectivity index (χ4v) is 2.00. The largest absolute Gasteiger partial charge is 0.508 e. The van der Waals surface area contributed by atoms with Gasteiger partial charge in [-0.05, 0) is 24.3 Å². The molecule has 0 spiro atoms. The highest BCUT2D eigenvalue weighted by Gasteiger charge is 2.08. The van der Waals surface area contributed by atoms with Crippen molar-refractivity contribution in [3.8, 4) is 11.5 Å². The van der Waals surface area contributed by atoms with Gasteiger partial charge >= 0.3 is 5.97 Å². The van der Waals surface area contributed by atoms with Crippen molar-refractivity contribution in [3.05, 3.63) is 60.0 Å². The molecule has 0 aliphatic heterocycles. The molecule has 0 atom stereocenters. The van der Waals surface area contributed by atoms with Gasteiger partial charge < -0.3 is 19.4 Å². The number of pyridine rings is 1. The van der Waals surface area contributed by atoms with Gasteiger partial charge in [-0.3, -0.25) is 0 Å². The molecule has 6 heteroatoms. The fourth-order valence-electron chi connectivity index (χ4n) is 2.00. The highest BCUT2D eigenvalue weighted by atomic mass is 16.5. The predicted molar refractivity (Wildman–Crippen MR) is 74.6 cm³/mol. The van der Waals surface area contributed by atoms with Crippen molar-refractivity contribution < 1.29 is 19.7 Å². The molecule has 0 amide bonds. The molecule has 2 N–H and O–H groups in total. The summed E-state index contributed by atoms with van der Waals surface area (Å²) in [5.41, 5.74) is 1.52. The molecule has 2 aromatic heterocycles. The molecule has 0 fully saturated rings. The number of carboxylic acid groups (broad SMARTS) is 1. The molecule has 0 bridgehead atoms. The van der Waals surface area contributed by atoms with Gasteiger partial charge in [0.2, 0.25) is 0 Å². The Bertz CT molecular complexity index is 810. The van der Waals surface area contributed by atoms with Crippen LogP contribution in [0.2, 0.25) is 0 Å². The van der Waals surface area contributed by atoms with E-state index in [2.05, 4.69) is 4.98 Å². The van der Waals surface area contributed by atoms with E-state index in [9.17, 15) is 9.90 Å². The molecule has 0 saturated carbocycles. The minimum atomic E-state index is -0.988. The molecule has 106 valence electrons. The average Bonchev–Trinajstić information content (AvgIpc) is 2.87. The van der Waals surface area contributed by atoms with E-state index < -0.39 is 5.97 Å². The predicted octanol–water partition coefficient (Wildman–Crippen LogP) is 2.32. The zero-order valence-corrected chi connectivity index (χ0v) is 10.9. The highest BCUT2D eigenvalue weighted by Crippen LogP contribution is 2.19. The zero-order valence-electron chi connectivity index (χ0n) is 10.9. The van der Waals surface area contributed by atoms with Gasteiger partial charge in [-0.2, -0.15) is 0 Å². The lowest BCUT2D eigenvalue weighted by molar-refractivity contribution is 0.0697. The van der Waals surface area contributed by atoms with Crippen molar-refractivity contribution in [2.75, 3.05) is 0 Å². The third-order valence-corrected chi connectivity index (χ3v) is 3.04. The molecule has 21 heavy (non-hydrogen) atoms. The number of aromatic nitrogens is 2. The molecule has 3 rings (SSSR count). The van der Waals surface area contributed by atoms with Gasteiger partial charge in [-0.15, -0.1) is 0 Å². The quantitative estimate of drug-likeness (QED) is 0.768. The Kier molecular flexibility index (Phi) is 3.19. The maximum Gasteiger partial charge on any atom is 0.335 e. The van der Waals surface area contributed by atoms with Gasteiger partial charge in [0.1, 0.15) is 23.8 Å². The van der Waals surface area contributed by atoms with E-state index in [0.717, 1.165) is 5.69 Å². The first kappa shape index (κ1) is 13.0. The molecule has 0 aliphatic rings. The summed E-state index contributed by atoms with van der Waals surface area (Å²) in [6.45, 7) is 0.261. The number of aromatic carboxylic acids is 1. The van der Waals surface area contributed by atoms with Crippen LogP contribution in [-0.2, 0) is 6.61 Å². The van der Waals surface area contributed by atoms with E-state index in [-0.39, 0.29) is 17.9 Å².